The molecule has 2 heteroatoms. The van der Waals surface area contributed by atoms with Crippen molar-refractivity contribution in [2.45, 2.75) is 32.3 Å². The van der Waals surface area contributed by atoms with Crippen molar-refractivity contribution in [3.8, 4) is 0 Å². The third kappa shape index (κ3) is 3.06. The summed E-state index contributed by atoms with van der Waals surface area (Å²) in [6.45, 7) is 2.42. The van der Waals surface area contributed by atoms with Gasteiger partial charge in [-0.25, -0.2) is 0 Å². The molecule has 0 spiro atoms. The maximum absolute atomic E-state index is 5.63. The van der Waals surface area contributed by atoms with Gasteiger partial charge < -0.3 is 9.47 Å². The van der Waals surface area contributed by atoms with Crippen LogP contribution in [0.2, 0.25) is 0 Å². The Balaban J connectivity index is 1.63. The number of rotatable bonds is 7. The molecule has 0 aliphatic heterocycles. The van der Waals surface area contributed by atoms with Crippen molar-refractivity contribution >= 4 is 0 Å². The van der Waals surface area contributed by atoms with Crippen molar-refractivity contribution in [2.75, 3.05) is 20.3 Å². The second-order valence-corrected chi connectivity index (χ2v) is 4.36. The van der Waals surface area contributed by atoms with E-state index in [0.29, 0.717) is 0 Å². The average molecular weight is 220 g/mol. The lowest BCUT2D eigenvalue weighted by atomic mass is 9.87. The SMILES string of the molecule is COCCCCOCc1ccc2c(c1)CC2. The smallest absolute Gasteiger partial charge is 0.0716 e. The lowest BCUT2D eigenvalue weighted by Gasteiger charge is -2.19. The molecule has 1 aliphatic rings. The average Bonchev–Trinajstić information content (AvgIpc) is 2.26. The van der Waals surface area contributed by atoms with Crippen LogP contribution in [-0.4, -0.2) is 20.3 Å². The van der Waals surface area contributed by atoms with Gasteiger partial charge in [-0.05, 0) is 42.4 Å². The third-order valence-electron chi connectivity index (χ3n) is 3.09. The minimum absolute atomic E-state index is 0.750. The van der Waals surface area contributed by atoms with Gasteiger partial charge in [0.2, 0.25) is 0 Å². The van der Waals surface area contributed by atoms with Crippen LogP contribution >= 0.6 is 0 Å². The largest absolute Gasteiger partial charge is 0.385 e. The van der Waals surface area contributed by atoms with Gasteiger partial charge in [0.05, 0.1) is 6.61 Å². The first-order valence-corrected chi connectivity index (χ1v) is 6.07. The zero-order valence-electron chi connectivity index (χ0n) is 10.00. The number of benzene rings is 1. The standard InChI is InChI=1S/C14H20O2/c1-15-8-2-3-9-16-11-12-4-5-13-6-7-14(13)10-12/h4-5,10H,2-3,6-9,11H2,1H3. The summed E-state index contributed by atoms with van der Waals surface area (Å²) in [5.74, 6) is 0. The maximum Gasteiger partial charge on any atom is 0.0716 e. The molecule has 16 heavy (non-hydrogen) atoms. The number of fused-ring (bicyclic) bond motifs is 1. The van der Waals surface area contributed by atoms with Crippen LogP contribution in [0.4, 0.5) is 0 Å². The second-order valence-electron chi connectivity index (χ2n) is 4.36. The molecule has 1 aromatic carbocycles. The highest BCUT2D eigenvalue weighted by molar-refractivity contribution is 5.38. The molecule has 0 N–H and O–H groups in total. The Morgan fingerprint density at radius 3 is 2.56 bits per heavy atom. The fourth-order valence-corrected chi connectivity index (χ4v) is 1.98. The highest BCUT2D eigenvalue weighted by Crippen LogP contribution is 2.23. The molecule has 0 bridgehead atoms. The summed E-state index contributed by atoms with van der Waals surface area (Å²) in [4.78, 5) is 0. The number of methoxy groups -OCH3 is 1. The minimum atomic E-state index is 0.750. The Morgan fingerprint density at radius 1 is 1.06 bits per heavy atom. The van der Waals surface area contributed by atoms with Crippen LogP contribution in [0, 0.1) is 0 Å². The molecule has 0 heterocycles. The molecule has 1 aliphatic carbocycles. The zero-order chi connectivity index (χ0) is 11.2. The summed E-state index contributed by atoms with van der Waals surface area (Å²) in [6.07, 6.45) is 4.67. The van der Waals surface area contributed by atoms with Crippen LogP contribution in [-0.2, 0) is 28.9 Å². The number of ether oxygens (including phenoxy) is 2. The summed E-state index contributed by atoms with van der Waals surface area (Å²) >= 11 is 0. The van der Waals surface area contributed by atoms with Gasteiger partial charge in [-0.2, -0.15) is 0 Å². The van der Waals surface area contributed by atoms with Gasteiger partial charge in [0.25, 0.3) is 0 Å². The molecule has 0 saturated heterocycles. The summed E-state index contributed by atoms with van der Waals surface area (Å²) < 4.78 is 10.6. The molecule has 1 aromatic rings. The summed E-state index contributed by atoms with van der Waals surface area (Å²) in [5.41, 5.74) is 4.34. The van der Waals surface area contributed by atoms with Gasteiger partial charge in [-0.1, -0.05) is 18.2 Å². The van der Waals surface area contributed by atoms with Crippen LogP contribution < -0.4 is 0 Å². The summed E-state index contributed by atoms with van der Waals surface area (Å²) in [5, 5.41) is 0. The van der Waals surface area contributed by atoms with E-state index >= 15 is 0 Å². The molecule has 0 radical (unpaired) electrons. The van der Waals surface area contributed by atoms with Crippen LogP contribution in [0.15, 0.2) is 18.2 Å². The molecule has 0 atom stereocenters. The molecule has 0 aromatic heterocycles. The fourth-order valence-electron chi connectivity index (χ4n) is 1.98. The monoisotopic (exact) mass is 220 g/mol. The van der Waals surface area contributed by atoms with Gasteiger partial charge in [-0.3, -0.25) is 0 Å². The van der Waals surface area contributed by atoms with E-state index in [-0.39, 0.29) is 0 Å². The molecule has 2 rings (SSSR count). The molecular weight excluding hydrogens is 200 g/mol. The first kappa shape index (κ1) is 11.6. The molecule has 0 amide bonds. The highest BCUT2D eigenvalue weighted by atomic mass is 16.5. The van der Waals surface area contributed by atoms with Crippen LogP contribution in [0.25, 0.3) is 0 Å². The minimum Gasteiger partial charge on any atom is -0.385 e. The van der Waals surface area contributed by atoms with E-state index in [2.05, 4.69) is 18.2 Å². The molecule has 88 valence electrons. The van der Waals surface area contributed by atoms with Gasteiger partial charge in [0.1, 0.15) is 0 Å². The van der Waals surface area contributed by atoms with Gasteiger partial charge in [0, 0.05) is 20.3 Å². The molecule has 0 unspecified atom stereocenters. The lowest BCUT2D eigenvalue weighted by Crippen LogP contribution is -2.08. The van der Waals surface area contributed by atoms with Crippen molar-refractivity contribution < 1.29 is 9.47 Å². The molecule has 2 nitrogen and oxygen atoms in total. The Hall–Kier alpha value is -0.860. The van der Waals surface area contributed by atoms with E-state index in [9.17, 15) is 0 Å². The van der Waals surface area contributed by atoms with Crippen LogP contribution in [0.1, 0.15) is 29.5 Å². The number of aryl methyl sites for hydroxylation is 2. The van der Waals surface area contributed by atoms with Crippen molar-refractivity contribution in [1.82, 2.24) is 0 Å². The quantitative estimate of drug-likeness (QED) is 0.658. The van der Waals surface area contributed by atoms with Gasteiger partial charge in [0.15, 0.2) is 0 Å². The first-order chi connectivity index (χ1) is 7.90. The van der Waals surface area contributed by atoms with Crippen molar-refractivity contribution in [3.05, 3.63) is 34.9 Å². The Morgan fingerprint density at radius 2 is 1.88 bits per heavy atom. The van der Waals surface area contributed by atoms with Crippen LogP contribution in [0.5, 0.6) is 0 Å². The van der Waals surface area contributed by atoms with Gasteiger partial charge >= 0.3 is 0 Å². The van der Waals surface area contributed by atoms with Gasteiger partial charge in [-0.15, -0.1) is 0 Å². The Bertz CT molecular complexity index is 334. The van der Waals surface area contributed by atoms with Crippen molar-refractivity contribution in [1.29, 1.82) is 0 Å². The Labute approximate surface area is 97.6 Å². The van der Waals surface area contributed by atoms with Crippen LogP contribution in [0.3, 0.4) is 0 Å². The molecule has 0 fully saturated rings. The Kier molecular flexibility index (Phi) is 4.37. The highest BCUT2D eigenvalue weighted by Gasteiger charge is 2.12. The summed E-state index contributed by atoms with van der Waals surface area (Å²) in [6, 6.07) is 6.71. The van der Waals surface area contributed by atoms with E-state index in [1.54, 1.807) is 7.11 Å². The maximum atomic E-state index is 5.63. The second kappa shape index (κ2) is 6.02. The first-order valence-electron chi connectivity index (χ1n) is 6.07. The molecule has 0 saturated carbocycles. The van der Waals surface area contributed by atoms with E-state index in [0.717, 1.165) is 32.7 Å². The van der Waals surface area contributed by atoms with E-state index in [4.69, 9.17) is 9.47 Å². The predicted molar refractivity (Wildman–Crippen MR) is 64.6 cm³/mol. The normalized spacial score (nSPS) is 13.3. The third-order valence-corrected chi connectivity index (χ3v) is 3.09. The fraction of sp³-hybridized carbons (Fsp3) is 0.571. The lowest BCUT2D eigenvalue weighted by molar-refractivity contribution is 0.107. The topological polar surface area (TPSA) is 18.5 Å². The van der Waals surface area contributed by atoms with Crippen molar-refractivity contribution in [3.63, 3.8) is 0 Å². The number of unbranched alkanes of at least 4 members (excludes halogenated alkanes) is 1. The number of hydrogen-bond acceptors (Lipinski definition) is 2. The van der Waals surface area contributed by atoms with E-state index in [1.807, 2.05) is 0 Å². The number of hydrogen-bond donors (Lipinski definition) is 0. The zero-order valence-corrected chi connectivity index (χ0v) is 10.00. The molecular formula is C14H20O2. The van der Waals surface area contributed by atoms with E-state index in [1.165, 1.54) is 29.5 Å². The summed E-state index contributed by atoms with van der Waals surface area (Å²) in [7, 11) is 1.74. The van der Waals surface area contributed by atoms with Crippen molar-refractivity contribution in [2.24, 2.45) is 0 Å². The predicted octanol–water partition coefficient (Wildman–Crippen LogP) is 2.73. The van der Waals surface area contributed by atoms with E-state index < -0.39 is 0 Å².